The van der Waals surface area contributed by atoms with Gasteiger partial charge in [-0.25, -0.2) is 14.2 Å². The highest BCUT2D eigenvalue weighted by Gasteiger charge is 2.43. The molecule has 0 radical (unpaired) electrons. The number of carboxylic acid groups (broad SMARTS) is 1. The van der Waals surface area contributed by atoms with Crippen LogP contribution in [0.4, 0.5) is 4.39 Å². The van der Waals surface area contributed by atoms with Gasteiger partial charge in [0, 0.05) is 6.54 Å². The number of amides is 1. The van der Waals surface area contributed by atoms with Crippen LogP contribution >= 0.6 is 11.6 Å². The molecular formula is C14H9ClFN3O3. The summed E-state index contributed by atoms with van der Waals surface area (Å²) in [6.45, 7) is 0.472. The molecule has 0 bridgehead atoms. The van der Waals surface area contributed by atoms with Crippen molar-refractivity contribution in [2.45, 2.75) is 12.5 Å². The van der Waals surface area contributed by atoms with Crippen LogP contribution in [0.1, 0.15) is 39.0 Å². The third kappa shape index (κ3) is 1.51. The number of rotatable bonds is 1. The maximum Gasteiger partial charge on any atom is 0.356 e. The van der Waals surface area contributed by atoms with Crippen LogP contribution < -0.4 is 0 Å². The number of carbonyl (C=O) groups is 2. The fraction of sp³-hybridized carbons (Fsp3) is 0.214. The van der Waals surface area contributed by atoms with Crippen molar-refractivity contribution in [2.24, 2.45) is 0 Å². The van der Waals surface area contributed by atoms with Gasteiger partial charge in [-0.1, -0.05) is 11.6 Å². The number of benzene rings is 1. The molecule has 6 nitrogen and oxygen atoms in total. The standard InChI is InChI=1S/C14H9ClFN3O3/c15-10-6(16)1-2-7-9(10)13(20)18-4-3-8(18)12-11(14(21)22)17-5-19(7)12/h1-2,5,8H,3-4H2,(H,21,22)/t8-/m0/s1. The Hall–Kier alpha value is -2.41. The smallest absolute Gasteiger partial charge is 0.356 e. The molecule has 1 aromatic carbocycles. The molecule has 1 amide bonds. The van der Waals surface area contributed by atoms with Gasteiger partial charge in [-0.15, -0.1) is 0 Å². The number of carbonyl (C=O) groups excluding carboxylic acids is 1. The molecule has 22 heavy (non-hydrogen) atoms. The lowest BCUT2D eigenvalue weighted by Crippen LogP contribution is -2.45. The first-order valence-electron chi connectivity index (χ1n) is 6.60. The number of aromatic carboxylic acids is 1. The molecule has 2 aliphatic rings. The zero-order chi connectivity index (χ0) is 15.6. The average molecular weight is 322 g/mol. The minimum atomic E-state index is -1.16. The molecule has 2 aromatic rings. The largest absolute Gasteiger partial charge is 0.476 e. The van der Waals surface area contributed by atoms with Crippen LogP contribution in [0.2, 0.25) is 5.02 Å². The predicted octanol–water partition coefficient (Wildman–Crippen LogP) is 2.26. The molecular weight excluding hydrogens is 313 g/mol. The van der Waals surface area contributed by atoms with Crippen molar-refractivity contribution in [1.82, 2.24) is 14.5 Å². The lowest BCUT2D eigenvalue weighted by atomic mass is 9.97. The monoisotopic (exact) mass is 321 g/mol. The van der Waals surface area contributed by atoms with Crippen molar-refractivity contribution >= 4 is 23.5 Å². The third-order valence-corrected chi connectivity index (χ3v) is 4.52. The number of imidazole rings is 1. The highest BCUT2D eigenvalue weighted by molar-refractivity contribution is 6.34. The predicted molar refractivity (Wildman–Crippen MR) is 73.9 cm³/mol. The summed E-state index contributed by atoms with van der Waals surface area (Å²) in [4.78, 5) is 29.4. The Kier molecular flexibility index (Phi) is 2.59. The lowest BCUT2D eigenvalue weighted by molar-refractivity contribution is 0.0449. The van der Waals surface area contributed by atoms with E-state index in [0.29, 0.717) is 24.3 Å². The van der Waals surface area contributed by atoms with E-state index in [2.05, 4.69) is 4.98 Å². The molecule has 112 valence electrons. The first kappa shape index (κ1) is 13.3. The summed E-state index contributed by atoms with van der Waals surface area (Å²) in [5.74, 6) is -2.24. The fourth-order valence-corrected chi connectivity index (χ4v) is 3.28. The normalized spacial score (nSPS) is 18.9. The van der Waals surface area contributed by atoms with Gasteiger partial charge in [-0.2, -0.15) is 0 Å². The van der Waals surface area contributed by atoms with E-state index in [0.717, 1.165) is 6.07 Å². The quantitative estimate of drug-likeness (QED) is 0.874. The zero-order valence-corrected chi connectivity index (χ0v) is 11.8. The van der Waals surface area contributed by atoms with Crippen LogP contribution in [0.5, 0.6) is 0 Å². The molecule has 1 atom stereocenters. The number of fused-ring (bicyclic) bond motifs is 5. The Morgan fingerprint density at radius 1 is 1.45 bits per heavy atom. The first-order chi connectivity index (χ1) is 10.5. The van der Waals surface area contributed by atoms with Crippen molar-refractivity contribution in [3.63, 3.8) is 0 Å². The highest BCUT2D eigenvalue weighted by atomic mass is 35.5. The van der Waals surface area contributed by atoms with E-state index in [-0.39, 0.29) is 22.3 Å². The number of carboxylic acids is 1. The summed E-state index contributed by atoms with van der Waals surface area (Å²) >= 11 is 5.98. The van der Waals surface area contributed by atoms with Gasteiger partial charge in [0.15, 0.2) is 5.69 Å². The second-order valence-electron chi connectivity index (χ2n) is 5.21. The molecule has 0 aliphatic carbocycles. The van der Waals surface area contributed by atoms with Gasteiger partial charge in [0.1, 0.15) is 12.1 Å². The van der Waals surface area contributed by atoms with Gasteiger partial charge in [0.05, 0.1) is 28.0 Å². The molecule has 1 aromatic heterocycles. The average Bonchev–Trinajstić information content (AvgIpc) is 2.82. The summed E-state index contributed by atoms with van der Waals surface area (Å²) in [5, 5.41) is 9.04. The van der Waals surface area contributed by atoms with Crippen molar-refractivity contribution in [3.05, 3.63) is 46.3 Å². The van der Waals surface area contributed by atoms with Gasteiger partial charge in [0.2, 0.25) is 0 Å². The van der Waals surface area contributed by atoms with Gasteiger partial charge in [0.25, 0.3) is 5.91 Å². The molecule has 4 rings (SSSR count). The minimum absolute atomic E-state index is 0.0412. The second-order valence-corrected chi connectivity index (χ2v) is 5.59. The number of halogens is 2. The SMILES string of the molecule is O=C(O)c1ncn2c1[C@@H]1CCN1C(=O)c1c-2ccc(F)c1Cl. The summed E-state index contributed by atoms with van der Waals surface area (Å²) in [7, 11) is 0. The van der Waals surface area contributed by atoms with Crippen molar-refractivity contribution < 1.29 is 19.1 Å². The summed E-state index contributed by atoms with van der Waals surface area (Å²) in [6.07, 6.45) is 1.97. The molecule has 1 N–H and O–H groups in total. The Morgan fingerprint density at radius 3 is 2.86 bits per heavy atom. The summed E-state index contributed by atoms with van der Waals surface area (Å²) < 4.78 is 15.3. The fourth-order valence-electron chi connectivity index (χ4n) is 3.04. The minimum Gasteiger partial charge on any atom is -0.476 e. The van der Waals surface area contributed by atoms with E-state index in [9.17, 15) is 19.1 Å². The molecule has 0 spiro atoms. The maximum atomic E-state index is 13.7. The van der Waals surface area contributed by atoms with Crippen LogP contribution in [-0.2, 0) is 0 Å². The summed E-state index contributed by atoms with van der Waals surface area (Å²) in [6, 6.07) is 2.19. The van der Waals surface area contributed by atoms with Crippen LogP contribution in [-0.4, -0.2) is 38.0 Å². The molecule has 1 saturated heterocycles. The van der Waals surface area contributed by atoms with Crippen LogP contribution in [0.3, 0.4) is 0 Å². The number of hydrogen-bond donors (Lipinski definition) is 1. The zero-order valence-electron chi connectivity index (χ0n) is 11.1. The Labute approximate surface area is 128 Å². The van der Waals surface area contributed by atoms with Crippen LogP contribution in [0, 0.1) is 5.82 Å². The Balaban J connectivity index is 2.08. The number of hydrogen-bond acceptors (Lipinski definition) is 3. The molecule has 1 fully saturated rings. The molecule has 8 heteroatoms. The van der Waals surface area contributed by atoms with Crippen molar-refractivity contribution in [3.8, 4) is 5.69 Å². The highest BCUT2D eigenvalue weighted by Crippen LogP contribution is 2.42. The van der Waals surface area contributed by atoms with Crippen molar-refractivity contribution in [2.75, 3.05) is 6.54 Å². The topological polar surface area (TPSA) is 75.4 Å². The maximum absolute atomic E-state index is 13.7. The van der Waals surface area contributed by atoms with Gasteiger partial charge in [-0.3, -0.25) is 9.36 Å². The third-order valence-electron chi connectivity index (χ3n) is 4.15. The van der Waals surface area contributed by atoms with Gasteiger partial charge >= 0.3 is 5.97 Å². The summed E-state index contributed by atoms with van der Waals surface area (Å²) in [5.41, 5.74) is 0.713. The van der Waals surface area contributed by atoms with E-state index >= 15 is 0 Å². The first-order valence-corrected chi connectivity index (χ1v) is 6.98. The number of nitrogens with zero attached hydrogens (tertiary/aromatic N) is 3. The van der Waals surface area contributed by atoms with E-state index in [1.54, 1.807) is 0 Å². The Morgan fingerprint density at radius 2 is 2.23 bits per heavy atom. The van der Waals surface area contributed by atoms with Crippen LogP contribution in [0.25, 0.3) is 5.69 Å². The lowest BCUT2D eigenvalue weighted by Gasteiger charge is -2.39. The molecule has 0 saturated carbocycles. The van der Waals surface area contributed by atoms with Gasteiger partial charge < -0.3 is 10.0 Å². The van der Waals surface area contributed by atoms with Crippen LogP contribution in [0.15, 0.2) is 18.5 Å². The van der Waals surface area contributed by atoms with E-state index in [1.807, 2.05) is 0 Å². The Bertz CT molecular complexity index is 848. The molecule has 3 heterocycles. The second kappa shape index (κ2) is 4.30. The van der Waals surface area contributed by atoms with Gasteiger partial charge in [-0.05, 0) is 18.6 Å². The van der Waals surface area contributed by atoms with E-state index in [4.69, 9.17) is 11.6 Å². The van der Waals surface area contributed by atoms with E-state index < -0.39 is 17.7 Å². The van der Waals surface area contributed by atoms with E-state index in [1.165, 1.54) is 21.9 Å². The van der Waals surface area contributed by atoms with Crippen molar-refractivity contribution in [1.29, 1.82) is 0 Å². The molecule has 0 unspecified atom stereocenters. The molecule has 2 aliphatic heterocycles. The number of aromatic nitrogens is 2.